The lowest BCUT2D eigenvalue weighted by atomic mass is 10.1. The van der Waals surface area contributed by atoms with E-state index in [1.807, 2.05) is 18.2 Å². The van der Waals surface area contributed by atoms with Crippen LogP contribution in [0.25, 0.3) is 0 Å². The lowest BCUT2D eigenvalue weighted by Crippen LogP contribution is -2.34. The van der Waals surface area contributed by atoms with E-state index in [4.69, 9.17) is 9.47 Å². The van der Waals surface area contributed by atoms with Gasteiger partial charge >= 0.3 is 0 Å². The minimum atomic E-state index is 0.286. The highest BCUT2D eigenvalue weighted by Crippen LogP contribution is 2.36. The molecule has 1 saturated heterocycles. The number of nitrogens with one attached hydrogen (secondary N) is 1. The van der Waals surface area contributed by atoms with Crippen LogP contribution in [0.4, 0.5) is 0 Å². The Labute approximate surface area is 104 Å². The zero-order valence-corrected chi connectivity index (χ0v) is 10.9. The van der Waals surface area contributed by atoms with Crippen LogP contribution in [-0.4, -0.2) is 26.3 Å². The van der Waals surface area contributed by atoms with Gasteiger partial charge in [-0.15, -0.1) is 0 Å². The molecule has 3 nitrogen and oxygen atoms in total. The van der Waals surface area contributed by atoms with Crippen molar-refractivity contribution in [3.8, 4) is 11.5 Å². The highest BCUT2D eigenvalue weighted by Gasteiger charge is 2.18. The summed E-state index contributed by atoms with van der Waals surface area (Å²) < 4.78 is 12.2. The molecule has 0 unspecified atom stereocenters. The van der Waals surface area contributed by atoms with Gasteiger partial charge in [-0.1, -0.05) is 6.07 Å². The molecule has 1 aliphatic rings. The average Bonchev–Trinajstić information content (AvgIpc) is 2.33. The molecule has 0 atom stereocenters. The fourth-order valence-electron chi connectivity index (χ4n) is 1.84. The van der Waals surface area contributed by atoms with Crippen molar-refractivity contribution in [2.45, 2.75) is 18.9 Å². The molecule has 0 aromatic heterocycles. The van der Waals surface area contributed by atoms with Crippen LogP contribution < -0.4 is 14.8 Å². The number of ether oxygens (including phenoxy) is 2. The van der Waals surface area contributed by atoms with Crippen LogP contribution in [0.3, 0.4) is 0 Å². The van der Waals surface area contributed by atoms with Gasteiger partial charge < -0.3 is 14.8 Å². The van der Waals surface area contributed by atoms with E-state index >= 15 is 0 Å². The van der Waals surface area contributed by atoms with E-state index in [0.29, 0.717) is 0 Å². The average molecular weight is 286 g/mol. The van der Waals surface area contributed by atoms with E-state index in [2.05, 4.69) is 21.2 Å². The minimum Gasteiger partial charge on any atom is -0.493 e. The predicted octanol–water partition coefficient (Wildman–Crippen LogP) is 2.59. The molecule has 0 amide bonds. The van der Waals surface area contributed by atoms with Gasteiger partial charge in [0.05, 0.1) is 11.6 Å². The Morgan fingerprint density at radius 1 is 1.31 bits per heavy atom. The van der Waals surface area contributed by atoms with Crippen LogP contribution in [0, 0.1) is 0 Å². The molecule has 4 heteroatoms. The van der Waals surface area contributed by atoms with Crippen LogP contribution in [-0.2, 0) is 0 Å². The number of halogens is 1. The maximum absolute atomic E-state index is 6.00. The van der Waals surface area contributed by atoms with Gasteiger partial charge in [-0.05, 0) is 54.0 Å². The predicted molar refractivity (Wildman–Crippen MR) is 67.2 cm³/mol. The molecule has 1 heterocycles. The summed E-state index contributed by atoms with van der Waals surface area (Å²) in [4.78, 5) is 0. The second-order valence-corrected chi connectivity index (χ2v) is 4.69. The van der Waals surface area contributed by atoms with E-state index in [1.54, 1.807) is 7.11 Å². The van der Waals surface area contributed by atoms with Gasteiger partial charge in [0.1, 0.15) is 6.10 Å². The first kappa shape index (κ1) is 11.7. The normalized spacial score (nSPS) is 17.1. The Kier molecular flexibility index (Phi) is 4.07. The molecular formula is C12H16BrNO2. The third-order valence-electron chi connectivity index (χ3n) is 2.72. The molecule has 0 saturated carbocycles. The lowest BCUT2D eigenvalue weighted by molar-refractivity contribution is 0.155. The number of hydrogen-bond acceptors (Lipinski definition) is 3. The van der Waals surface area contributed by atoms with Crippen LogP contribution >= 0.6 is 15.9 Å². The van der Waals surface area contributed by atoms with Crippen LogP contribution in [0.15, 0.2) is 22.7 Å². The zero-order valence-electron chi connectivity index (χ0n) is 9.33. The quantitative estimate of drug-likeness (QED) is 0.926. The van der Waals surface area contributed by atoms with Gasteiger partial charge in [0.15, 0.2) is 11.5 Å². The molecule has 0 radical (unpaired) electrons. The second kappa shape index (κ2) is 5.55. The molecule has 1 aliphatic heterocycles. The van der Waals surface area contributed by atoms with Crippen molar-refractivity contribution in [1.29, 1.82) is 0 Å². The smallest absolute Gasteiger partial charge is 0.175 e. The number of para-hydroxylation sites is 1. The fourth-order valence-corrected chi connectivity index (χ4v) is 2.29. The Morgan fingerprint density at radius 2 is 2.06 bits per heavy atom. The first-order valence-corrected chi connectivity index (χ1v) is 6.30. The topological polar surface area (TPSA) is 30.5 Å². The van der Waals surface area contributed by atoms with Gasteiger partial charge in [0, 0.05) is 0 Å². The van der Waals surface area contributed by atoms with Gasteiger partial charge in [0.25, 0.3) is 0 Å². The summed E-state index contributed by atoms with van der Waals surface area (Å²) in [6.07, 6.45) is 2.38. The van der Waals surface area contributed by atoms with E-state index in [9.17, 15) is 0 Å². The zero-order chi connectivity index (χ0) is 11.4. The standard InChI is InChI=1S/C12H16BrNO2/c1-15-11-4-2-3-10(13)12(11)16-9-5-7-14-8-6-9/h2-4,9,14H,5-8H2,1H3. The highest BCUT2D eigenvalue weighted by atomic mass is 79.9. The number of rotatable bonds is 3. The third-order valence-corrected chi connectivity index (χ3v) is 3.35. The molecule has 16 heavy (non-hydrogen) atoms. The molecule has 88 valence electrons. The third kappa shape index (κ3) is 2.68. The monoisotopic (exact) mass is 285 g/mol. The molecule has 0 aliphatic carbocycles. The first-order valence-electron chi connectivity index (χ1n) is 5.51. The summed E-state index contributed by atoms with van der Waals surface area (Å²) in [5, 5.41) is 3.32. The summed E-state index contributed by atoms with van der Waals surface area (Å²) in [5.41, 5.74) is 0. The summed E-state index contributed by atoms with van der Waals surface area (Å²) in [5.74, 6) is 1.60. The molecule has 1 aromatic carbocycles. The van der Waals surface area contributed by atoms with Crippen molar-refractivity contribution in [2.75, 3.05) is 20.2 Å². The summed E-state index contributed by atoms with van der Waals surface area (Å²) in [6, 6.07) is 5.83. The van der Waals surface area contributed by atoms with Crippen LogP contribution in [0.2, 0.25) is 0 Å². The van der Waals surface area contributed by atoms with E-state index < -0.39 is 0 Å². The van der Waals surface area contributed by atoms with Crippen molar-refractivity contribution >= 4 is 15.9 Å². The van der Waals surface area contributed by atoms with Crippen molar-refractivity contribution < 1.29 is 9.47 Å². The molecular weight excluding hydrogens is 270 g/mol. The SMILES string of the molecule is COc1cccc(Br)c1OC1CCNCC1. The summed E-state index contributed by atoms with van der Waals surface area (Å²) >= 11 is 3.49. The fraction of sp³-hybridized carbons (Fsp3) is 0.500. The van der Waals surface area contributed by atoms with Gasteiger partial charge in [-0.3, -0.25) is 0 Å². The van der Waals surface area contributed by atoms with Gasteiger partial charge in [-0.2, -0.15) is 0 Å². The Balaban J connectivity index is 2.12. The lowest BCUT2D eigenvalue weighted by Gasteiger charge is -2.25. The summed E-state index contributed by atoms with van der Waals surface area (Å²) in [7, 11) is 1.66. The second-order valence-electron chi connectivity index (χ2n) is 3.84. The Hall–Kier alpha value is -0.740. The van der Waals surface area contributed by atoms with Crippen LogP contribution in [0.5, 0.6) is 11.5 Å². The van der Waals surface area contributed by atoms with Crippen LogP contribution in [0.1, 0.15) is 12.8 Å². The molecule has 1 N–H and O–H groups in total. The van der Waals surface area contributed by atoms with Gasteiger partial charge in [-0.25, -0.2) is 0 Å². The van der Waals surface area contributed by atoms with Crippen molar-refractivity contribution in [1.82, 2.24) is 5.32 Å². The van der Waals surface area contributed by atoms with Crippen molar-refractivity contribution in [3.63, 3.8) is 0 Å². The number of piperidine rings is 1. The van der Waals surface area contributed by atoms with Gasteiger partial charge in [0.2, 0.25) is 0 Å². The number of benzene rings is 1. The maximum Gasteiger partial charge on any atom is 0.175 e. The van der Waals surface area contributed by atoms with E-state index in [-0.39, 0.29) is 6.10 Å². The number of methoxy groups -OCH3 is 1. The first-order chi connectivity index (χ1) is 7.81. The molecule has 2 rings (SSSR count). The maximum atomic E-state index is 6.00. The van der Waals surface area contributed by atoms with Crippen molar-refractivity contribution in [3.05, 3.63) is 22.7 Å². The molecule has 1 aromatic rings. The Morgan fingerprint density at radius 3 is 2.75 bits per heavy atom. The van der Waals surface area contributed by atoms with E-state index in [1.165, 1.54) is 0 Å². The molecule has 0 bridgehead atoms. The molecule has 1 fully saturated rings. The Bertz CT molecular complexity index is 351. The summed E-state index contributed by atoms with van der Waals surface area (Å²) in [6.45, 7) is 2.05. The minimum absolute atomic E-state index is 0.286. The van der Waals surface area contributed by atoms with Crippen molar-refractivity contribution in [2.24, 2.45) is 0 Å². The molecule has 0 spiro atoms. The largest absolute Gasteiger partial charge is 0.493 e. The highest BCUT2D eigenvalue weighted by molar-refractivity contribution is 9.10. The number of hydrogen-bond donors (Lipinski definition) is 1. The van der Waals surface area contributed by atoms with E-state index in [0.717, 1.165) is 41.9 Å².